The predicted molar refractivity (Wildman–Crippen MR) is 101 cm³/mol. The Hall–Kier alpha value is -2.33. The average molecular weight is 320 g/mol. The van der Waals surface area contributed by atoms with Crippen molar-refractivity contribution in [3.05, 3.63) is 48.0 Å². The topological polar surface area (TPSA) is 44.0 Å². The van der Waals surface area contributed by atoms with Crippen LogP contribution in [0.3, 0.4) is 0 Å². The Morgan fingerprint density at radius 3 is 2.42 bits per heavy atom. The molecule has 2 heterocycles. The summed E-state index contributed by atoms with van der Waals surface area (Å²) in [5.74, 6) is 0.939. The highest BCUT2D eigenvalue weighted by molar-refractivity contribution is 5.91. The van der Waals surface area contributed by atoms with Crippen LogP contribution in [-0.2, 0) is 0 Å². The smallest absolute Gasteiger partial charge is 0.138 e. The first-order valence-electron chi connectivity index (χ1n) is 8.67. The van der Waals surface area contributed by atoms with Crippen LogP contribution in [0.5, 0.6) is 0 Å². The highest BCUT2D eigenvalue weighted by Crippen LogP contribution is 2.29. The van der Waals surface area contributed by atoms with E-state index in [0.717, 1.165) is 35.5 Å². The lowest BCUT2D eigenvalue weighted by atomic mass is 10.1. The average Bonchev–Trinajstić information content (AvgIpc) is 2.98. The zero-order chi connectivity index (χ0) is 16.7. The van der Waals surface area contributed by atoms with Crippen LogP contribution in [0.25, 0.3) is 22.4 Å². The number of nitrogens with one attached hydrogen (secondary N) is 2. The van der Waals surface area contributed by atoms with Gasteiger partial charge in [-0.05, 0) is 32.9 Å². The number of hydrogen-bond donors (Lipinski definition) is 2. The van der Waals surface area contributed by atoms with Crippen molar-refractivity contribution < 1.29 is 0 Å². The minimum atomic E-state index is 0.486. The lowest BCUT2D eigenvalue weighted by Crippen LogP contribution is -2.54. The summed E-state index contributed by atoms with van der Waals surface area (Å²) in [5.41, 5.74) is 5.78. The van der Waals surface area contributed by atoms with E-state index >= 15 is 0 Å². The van der Waals surface area contributed by atoms with E-state index in [2.05, 4.69) is 78.4 Å². The summed E-state index contributed by atoms with van der Waals surface area (Å²) in [6.45, 7) is 8.61. The number of aryl methyl sites for hydroxylation is 1. The number of anilines is 1. The summed E-state index contributed by atoms with van der Waals surface area (Å²) in [5, 5.41) is 3.59. The highest BCUT2D eigenvalue weighted by atomic mass is 15.2. The molecule has 1 fully saturated rings. The van der Waals surface area contributed by atoms with Gasteiger partial charge in [0.1, 0.15) is 11.3 Å². The number of benzene rings is 2. The van der Waals surface area contributed by atoms with Crippen LogP contribution in [-0.4, -0.2) is 35.1 Å². The summed E-state index contributed by atoms with van der Waals surface area (Å²) in [6.07, 6.45) is 0. The molecule has 3 aromatic rings. The molecule has 1 saturated heterocycles. The zero-order valence-electron chi connectivity index (χ0n) is 14.5. The molecule has 4 heteroatoms. The van der Waals surface area contributed by atoms with Crippen molar-refractivity contribution in [3.8, 4) is 11.4 Å². The second-order valence-corrected chi connectivity index (χ2v) is 7.00. The van der Waals surface area contributed by atoms with Crippen LogP contribution in [0.2, 0.25) is 0 Å². The molecule has 4 rings (SSSR count). The standard InChI is InChI=1S/C20H24N4/c1-13-7-9-16(10-8-13)20-22-17-5-4-6-18(19(17)23-20)24-11-14(2)21-15(3)12-24/h4-10,14-15,21H,11-12H2,1-3H3,(H,22,23). The Bertz CT molecular complexity index is 840. The lowest BCUT2D eigenvalue weighted by molar-refractivity contribution is 0.407. The van der Waals surface area contributed by atoms with Gasteiger partial charge in [0.2, 0.25) is 0 Å². The van der Waals surface area contributed by atoms with Crippen molar-refractivity contribution >= 4 is 16.7 Å². The van der Waals surface area contributed by atoms with Crippen molar-refractivity contribution in [3.63, 3.8) is 0 Å². The van der Waals surface area contributed by atoms with Gasteiger partial charge >= 0.3 is 0 Å². The van der Waals surface area contributed by atoms with E-state index in [1.165, 1.54) is 11.3 Å². The van der Waals surface area contributed by atoms with E-state index in [-0.39, 0.29) is 0 Å². The SMILES string of the molecule is Cc1ccc(-c2nc3c(N4CC(C)NC(C)C4)cccc3[nH]2)cc1. The molecule has 2 atom stereocenters. The van der Waals surface area contributed by atoms with Gasteiger partial charge in [0.25, 0.3) is 0 Å². The molecule has 0 amide bonds. The molecule has 1 aliphatic rings. The number of piperazine rings is 1. The maximum Gasteiger partial charge on any atom is 0.138 e. The van der Waals surface area contributed by atoms with Crippen molar-refractivity contribution in [2.24, 2.45) is 0 Å². The number of hydrogen-bond acceptors (Lipinski definition) is 3. The van der Waals surface area contributed by atoms with E-state index in [1.807, 2.05) is 0 Å². The second-order valence-electron chi connectivity index (χ2n) is 7.00. The first-order chi connectivity index (χ1) is 11.6. The van der Waals surface area contributed by atoms with Crippen LogP contribution in [0.15, 0.2) is 42.5 Å². The van der Waals surface area contributed by atoms with Gasteiger partial charge in [0, 0.05) is 30.7 Å². The monoisotopic (exact) mass is 320 g/mol. The van der Waals surface area contributed by atoms with Crippen molar-refractivity contribution in [2.75, 3.05) is 18.0 Å². The highest BCUT2D eigenvalue weighted by Gasteiger charge is 2.23. The second kappa shape index (κ2) is 5.95. The van der Waals surface area contributed by atoms with Crippen molar-refractivity contribution in [2.45, 2.75) is 32.9 Å². The van der Waals surface area contributed by atoms with Crippen molar-refractivity contribution in [1.29, 1.82) is 0 Å². The van der Waals surface area contributed by atoms with Crippen LogP contribution >= 0.6 is 0 Å². The number of fused-ring (bicyclic) bond motifs is 1. The fourth-order valence-corrected chi connectivity index (χ4v) is 3.64. The summed E-state index contributed by atoms with van der Waals surface area (Å²) < 4.78 is 0. The van der Waals surface area contributed by atoms with Crippen molar-refractivity contribution in [1.82, 2.24) is 15.3 Å². The van der Waals surface area contributed by atoms with E-state index < -0.39 is 0 Å². The molecule has 0 saturated carbocycles. The molecule has 2 aromatic carbocycles. The largest absolute Gasteiger partial charge is 0.367 e. The molecule has 2 N–H and O–H groups in total. The Morgan fingerprint density at radius 2 is 1.71 bits per heavy atom. The molecule has 1 aromatic heterocycles. The Labute approximate surface area is 142 Å². The molecule has 4 nitrogen and oxygen atoms in total. The van der Waals surface area contributed by atoms with Crippen LogP contribution < -0.4 is 10.2 Å². The summed E-state index contributed by atoms with van der Waals surface area (Å²) in [4.78, 5) is 10.9. The molecule has 2 unspecified atom stereocenters. The van der Waals surface area contributed by atoms with E-state index in [9.17, 15) is 0 Å². The van der Waals surface area contributed by atoms with Gasteiger partial charge in [-0.2, -0.15) is 0 Å². The first kappa shape index (κ1) is 15.2. The van der Waals surface area contributed by atoms with E-state index in [0.29, 0.717) is 12.1 Å². The quantitative estimate of drug-likeness (QED) is 0.756. The summed E-state index contributed by atoms with van der Waals surface area (Å²) in [6, 6.07) is 15.9. The molecule has 0 aliphatic carbocycles. The number of para-hydroxylation sites is 1. The molecule has 0 bridgehead atoms. The van der Waals surface area contributed by atoms with Crippen LogP contribution in [0.1, 0.15) is 19.4 Å². The van der Waals surface area contributed by atoms with E-state index in [4.69, 9.17) is 4.98 Å². The van der Waals surface area contributed by atoms with Gasteiger partial charge in [-0.25, -0.2) is 4.98 Å². The van der Waals surface area contributed by atoms with E-state index in [1.54, 1.807) is 0 Å². The maximum absolute atomic E-state index is 4.92. The number of imidazole rings is 1. The Balaban J connectivity index is 1.76. The molecule has 1 aliphatic heterocycles. The molecule has 24 heavy (non-hydrogen) atoms. The summed E-state index contributed by atoms with van der Waals surface area (Å²) >= 11 is 0. The van der Waals surface area contributed by atoms with Gasteiger partial charge in [-0.3, -0.25) is 0 Å². The normalized spacial score (nSPS) is 21.4. The third-order valence-electron chi connectivity index (χ3n) is 4.71. The zero-order valence-corrected chi connectivity index (χ0v) is 14.5. The van der Waals surface area contributed by atoms with Gasteiger partial charge in [0.05, 0.1) is 11.2 Å². The van der Waals surface area contributed by atoms with Gasteiger partial charge < -0.3 is 15.2 Å². The van der Waals surface area contributed by atoms with Crippen LogP contribution in [0.4, 0.5) is 5.69 Å². The Kier molecular flexibility index (Phi) is 3.77. The van der Waals surface area contributed by atoms with Crippen LogP contribution in [0, 0.1) is 6.92 Å². The van der Waals surface area contributed by atoms with Gasteiger partial charge in [-0.15, -0.1) is 0 Å². The molecular formula is C20H24N4. The molecule has 0 spiro atoms. The lowest BCUT2D eigenvalue weighted by Gasteiger charge is -2.37. The molecular weight excluding hydrogens is 296 g/mol. The number of rotatable bonds is 2. The number of nitrogens with zero attached hydrogens (tertiary/aromatic N) is 2. The fraction of sp³-hybridized carbons (Fsp3) is 0.350. The summed E-state index contributed by atoms with van der Waals surface area (Å²) in [7, 11) is 0. The number of aromatic amines is 1. The molecule has 0 radical (unpaired) electrons. The third-order valence-corrected chi connectivity index (χ3v) is 4.71. The Morgan fingerprint density at radius 1 is 1.00 bits per heavy atom. The fourth-order valence-electron chi connectivity index (χ4n) is 3.64. The minimum Gasteiger partial charge on any atom is -0.367 e. The maximum atomic E-state index is 4.92. The predicted octanol–water partition coefficient (Wildman–Crippen LogP) is 3.72. The number of aromatic nitrogens is 2. The number of H-pyrrole nitrogens is 1. The van der Waals surface area contributed by atoms with Gasteiger partial charge in [-0.1, -0.05) is 35.9 Å². The third kappa shape index (κ3) is 2.78. The van der Waals surface area contributed by atoms with Gasteiger partial charge in [0.15, 0.2) is 0 Å². The minimum absolute atomic E-state index is 0.486. The molecule has 124 valence electrons. The first-order valence-corrected chi connectivity index (χ1v) is 8.67.